The van der Waals surface area contributed by atoms with Crippen molar-refractivity contribution in [3.8, 4) is 5.75 Å². The SMILES string of the molecule is COc1ccc(CN2CCOC(C(O)C(=O)Nc3ccc4c(N)nccc4c3)C2=O)cc1. The van der Waals surface area contributed by atoms with E-state index in [1.165, 1.54) is 0 Å². The molecule has 0 aliphatic carbocycles. The average molecular weight is 436 g/mol. The molecule has 9 heteroatoms. The van der Waals surface area contributed by atoms with Crippen LogP contribution in [0.25, 0.3) is 10.8 Å². The van der Waals surface area contributed by atoms with Gasteiger partial charge in [0, 0.05) is 30.4 Å². The van der Waals surface area contributed by atoms with Gasteiger partial charge in [0.05, 0.1) is 13.7 Å². The zero-order valence-corrected chi connectivity index (χ0v) is 17.5. The van der Waals surface area contributed by atoms with E-state index in [0.29, 0.717) is 24.6 Å². The summed E-state index contributed by atoms with van der Waals surface area (Å²) >= 11 is 0. The lowest BCUT2D eigenvalue weighted by Crippen LogP contribution is -2.54. The third kappa shape index (κ3) is 4.48. The lowest BCUT2D eigenvalue weighted by Gasteiger charge is -2.34. The van der Waals surface area contributed by atoms with Crippen molar-refractivity contribution in [3.63, 3.8) is 0 Å². The molecule has 0 radical (unpaired) electrons. The molecule has 1 aliphatic heterocycles. The summed E-state index contributed by atoms with van der Waals surface area (Å²) in [5, 5.41) is 14.7. The number of amides is 2. The first-order valence-electron chi connectivity index (χ1n) is 10.1. The molecular weight excluding hydrogens is 412 g/mol. The molecule has 3 aromatic rings. The summed E-state index contributed by atoms with van der Waals surface area (Å²) < 4.78 is 10.6. The van der Waals surface area contributed by atoms with E-state index in [-0.39, 0.29) is 6.61 Å². The van der Waals surface area contributed by atoms with Crippen molar-refractivity contribution in [1.29, 1.82) is 0 Å². The Hall–Kier alpha value is -3.69. The third-order valence-electron chi connectivity index (χ3n) is 5.36. The molecule has 2 aromatic carbocycles. The van der Waals surface area contributed by atoms with Gasteiger partial charge in [-0.15, -0.1) is 0 Å². The molecule has 1 fully saturated rings. The summed E-state index contributed by atoms with van der Waals surface area (Å²) in [5.74, 6) is -0.0543. The van der Waals surface area contributed by atoms with Crippen molar-refractivity contribution in [2.24, 2.45) is 0 Å². The number of methoxy groups -OCH3 is 1. The summed E-state index contributed by atoms with van der Waals surface area (Å²) in [4.78, 5) is 31.1. The number of rotatable bonds is 6. The van der Waals surface area contributed by atoms with Gasteiger partial charge in [0.15, 0.2) is 12.2 Å². The van der Waals surface area contributed by atoms with Crippen LogP contribution in [0.2, 0.25) is 0 Å². The highest BCUT2D eigenvalue weighted by Crippen LogP contribution is 2.23. The minimum absolute atomic E-state index is 0.221. The van der Waals surface area contributed by atoms with Gasteiger partial charge in [-0.3, -0.25) is 9.59 Å². The number of nitrogens with zero attached hydrogens (tertiary/aromatic N) is 2. The van der Waals surface area contributed by atoms with Crippen LogP contribution in [-0.4, -0.2) is 59.3 Å². The lowest BCUT2D eigenvalue weighted by atomic mass is 10.1. The molecule has 0 saturated carbocycles. The van der Waals surface area contributed by atoms with Crippen LogP contribution in [0, 0.1) is 0 Å². The van der Waals surface area contributed by atoms with Crippen molar-refractivity contribution < 1.29 is 24.2 Å². The number of nitrogens with two attached hydrogens (primary N) is 1. The second-order valence-electron chi connectivity index (χ2n) is 7.47. The van der Waals surface area contributed by atoms with Gasteiger partial charge in [0.25, 0.3) is 11.8 Å². The maximum absolute atomic E-state index is 12.9. The van der Waals surface area contributed by atoms with Gasteiger partial charge in [0.2, 0.25) is 0 Å². The van der Waals surface area contributed by atoms with Gasteiger partial charge >= 0.3 is 0 Å². The number of aromatic nitrogens is 1. The van der Waals surface area contributed by atoms with Crippen LogP contribution in [0.15, 0.2) is 54.7 Å². The Bertz CT molecular complexity index is 1130. The molecule has 2 heterocycles. The van der Waals surface area contributed by atoms with Gasteiger partial charge in [0.1, 0.15) is 11.6 Å². The van der Waals surface area contributed by atoms with E-state index in [1.54, 1.807) is 42.5 Å². The van der Waals surface area contributed by atoms with E-state index in [0.717, 1.165) is 22.1 Å². The number of fused-ring (bicyclic) bond motifs is 1. The van der Waals surface area contributed by atoms with E-state index in [4.69, 9.17) is 15.2 Å². The first-order chi connectivity index (χ1) is 15.5. The molecule has 2 unspecified atom stereocenters. The molecule has 4 N–H and O–H groups in total. The third-order valence-corrected chi connectivity index (χ3v) is 5.36. The highest BCUT2D eigenvalue weighted by Gasteiger charge is 2.38. The summed E-state index contributed by atoms with van der Waals surface area (Å²) in [6, 6.07) is 14.2. The average Bonchev–Trinajstić information content (AvgIpc) is 2.80. The number of morpholine rings is 1. The van der Waals surface area contributed by atoms with Crippen LogP contribution in [0.3, 0.4) is 0 Å². The normalized spacial score (nSPS) is 17.2. The molecule has 1 saturated heterocycles. The fraction of sp³-hybridized carbons (Fsp3) is 0.261. The number of pyridine rings is 1. The minimum Gasteiger partial charge on any atom is -0.497 e. The Balaban J connectivity index is 1.42. The summed E-state index contributed by atoms with van der Waals surface area (Å²) in [6.07, 6.45) is -1.36. The zero-order chi connectivity index (χ0) is 22.7. The molecule has 4 rings (SSSR count). The molecule has 1 aliphatic rings. The molecule has 1 aromatic heterocycles. The van der Waals surface area contributed by atoms with Crippen LogP contribution in [0.4, 0.5) is 11.5 Å². The number of aliphatic hydroxyl groups excluding tert-OH is 1. The maximum atomic E-state index is 12.9. The van der Waals surface area contributed by atoms with Crippen LogP contribution in [0.5, 0.6) is 5.75 Å². The van der Waals surface area contributed by atoms with Crippen molar-refractivity contribution in [2.45, 2.75) is 18.8 Å². The minimum atomic E-state index is -1.65. The smallest absolute Gasteiger partial charge is 0.256 e. The molecule has 32 heavy (non-hydrogen) atoms. The molecule has 2 amide bonds. The van der Waals surface area contributed by atoms with Crippen LogP contribution >= 0.6 is 0 Å². The van der Waals surface area contributed by atoms with E-state index in [9.17, 15) is 14.7 Å². The maximum Gasteiger partial charge on any atom is 0.256 e. The number of aliphatic hydroxyl groups is 1. The number of hydrogen-bond donors (Lipinski definition) is 3. The van der Waals surface area contributed by atoms with E-state index < -0.39 is 24.0 Å². The number of carbonyl (C=O) groups excluding carboxylic acids is 2. The topological polar surface area (TPSA) is 127 Å². The van der Waals surface area contributed by atoms with Crippen molar-refractivity contribution in [3.05, 3.63) is 60.3 Å². The number of hydrogen-bond acceptors (Lipinski definition) is 7. The summed E-state index contributed by atoms with van der Waals surface area (Å²) in [5.41, 5.74) is 7.22. The fourth-order valence-electron chi connectivity index (χ4n) is 3.62. The van der Waals surface area contributed by atoms with Gasteiger partial charge in [-0.05, 0) is 47.3 Å². The largest absolute Gasteiger partial charge is 0.497 e. The zero-order valence-electron chi connectivity index (χ0n) is 17.5. The van der Waals surface area contributed by atoms with Crippen molar-refractivity contribution in [1.82, 2.24) is 9.88 Å². The predicted octanol–water partition coefficient (Wildman–Crippen LogP) is 1.55. The van der Waals surface area contributed by atoms with Crippen molar-refractivity contribution in [2.75, 3.05) is 31.3 Å². The number of nitrogen functional groups attached to an aromatic ring is 1. The van der Waals surface area contributed by atoms with Crippen LogP contribution < -0.4 is 15.8 Å². The Morgan fingerprint density at radius 1 is 1.31 bits per heavy atom. The van der Waals surface area contributed by atoms with Gasteiger partial charge in [-0.25, -0.2) is 4.98 Å². The predicted molar refractivity (Wildman–Crippen MR) is 119 cm³/mol. The van der Waals surface area contributed by atoms with Crippen molar-refractivity contribution >= 4 is 34.1 Å². The van der Waals surface area contributed by atoms with Gasteiger partial charge in [-0.1, -0.05) is 12.1 Å². The second kappa shape index (κ2) is 9.21. The Labute approximate surface area is 184 Å². The summed E-state index contributed by atoms with van der Waals surface area (Å²) in [6.45, 7) is 0.937. The quantitative estimate of drug-likeness (QED) is 0.535. The Kier molecular flexibility index (Phi) is 6.20. The van der Waals surface area contributed by atoms with E-state index in [1.807, 2.05) is 24.3 Å². The molecule has 0 bridgehead atoms. The van der Waals surface area contributed by atoms with Gasteiger partial charge < -0.3 is 30.5 Å². The monoisotopic (exact) mass is 436 g/mol. The molecule has 9 nitrogen and oxygen atoms in total. The highest BCUT2D eigenvalue weighted by molar-refractivity contribution is 6.01. The fourth-order valence-corrected chi connectivity index (χ4v) is 3.62. The first kappa shape index (κ1) is 21.5. The van der Waals surface area contributed by atoms with E-state index >= 15 is 0 Å². The lowest BCUT2D eigenvalue weighted by molar-refractivity contribution is -0.166. The highest BCUT2D eigenvalue weighted by atomic mass is 16.5. The molecular formula is C23H24N4O5. The van der Waals surface area contributed by atoms with Crippen LogP contribution in [0.1, 0.15) is 5.56 Å². The first-order valence-corrected chi connectivity index (χ1v) is 10.1. The second-order valence-corrected chi connectivity index (χ2v) is 7.47. The number of anilines is 2. The van der Waals surface area contributed by atoms with Gasteiger partial charge in [-0.2, -0.15) is 0 Å². The Morgan fingerprint density at radius 3 is 2.84 bits per heavy atom. The summed E-state index contributed by atoms with van der Waals surface area (Å²) in [7, 11) is 1.59. The number of benzene rings is 2. The molecule has 166 valence electrons. The number of nitrogens with one attached hydrogen (secondary N) is 1. The molecule has 0 spiro atoms. The number of ether oxygens (including phenoxy) is 2. The van der Waals surface area contributed by atoms with E-state index in [2.05, 4.69) is 10.3 Å². The number of carbonyl (C=O) groups is 2. The molecule has 2 atom stereocenters. The van der Waals surface area contributed by atoms with Crippen LogP contribution in [-0.2, 0) is 20.9 Å². The Morgan fingerprint density at radius 2 is 2.09 bits per heavy atom. The standard InChI is InChI=1S/C23H24N4O5/c1-31-17-5-2-14(3-6-17)13-27-10-11-32-20(23(27)30)19(28)22(29)26-16-4-7-18-15(12-16)8-9-25-21(18)24/h2-9,12,19-20,28H,10-11,13H2,1H3,(H2,24,25)(H,26,29).